The van der Waals surface area contributed by atoms with E-state index in [1.54, 1.807) is 0 Å². The first-order valence-electron chi connectivity index (χ1n) is 7.65. The smallest absolute Gasteiger partial charge is 0.0378 e. The first-order chi connectivity index (χ1) is 11.4. The van der Waals surface area contributed by atoms with E-state index in [1.807, 2.05) is 48.6 Å². The number of hydrogen-bond donors (Lipinski definition) is 4. The van der Waals surface area contributed by atoms with Crippen molar-refractivity contribution in [1.82, 2.24) is 0 Å². The highest BCUT2D eigenvalue weighted by Crippen LogP contribution is 2.25. The lowest BCUT2D eigenvalue weighted by Gasteiger charge is -2.21. The molecule has 1 fully saturated rings. The van der Waals surface area contributed by atoms with E-state index in [0.717, 1.165) is 19.5 Å². The second-order valence-electron chi connectivity index (χ2n) is 5.45. The summed E-state index contributed by atoms with van der Waals surface area (Å²) in [7, 11) is 0. The molecule has 130 valence electrons. The highest BCUT2D eigenvalue weighted by Gasteiger charge is 2.14. The van der Waals surface area contributed by atoms with Crippen LogP contribution in [-0.4, -0.2) is 20.2 Å². The SMILES string of the molecule is S=C1C=CC(=S)C=C1.SC1CCC(S)CC1.Sc1ccc(S)cc1. The van der Waals surface area contributed by atoms with Crippen molar-refractivity contribution in [2.24, 2.45) is 0 Å². The Morgan fingerprint density at radius 1 is 0.625 bits per heavy atom. The van der Waals surface area contributed by atoms with Gasteiger partial charge in [0.25, 0.3) is 0 Å². The highest BCUT2D eigenvalue weighted by molar-refractivity contribution is 7.82. The minimum absolute atomic E-state index is 0.665. The van der Waals surface area contributed by atoms with Crippen LogP contribution in [0, 0.1) is 0 Å². The van der Waals surface area contributed by atoms with Crippen LogP contribution in [0.15, 0.2) is 58.4 Å². The summed E-state index contributed by atoms with van der Waals surface area (Å²) in [5.41, 5.74) is 0. The number of rotatable bonds is 0. The first kappa shape index (κ1) is 22.3. The van der Waals surface area contributed by atoms with Gasteiger partial charge < -0.3 is 0 Å². The lowest BCUT2D eigenvalue weighted by Crippen LogP contribution is -2.13. The minimum Gasteiger partial charge on any atom is -0.176 e. The summed E-state index contributed by atoms with van der Waals surface area (Å²) < 4.78 is 0. The molecule has 2 aliphatic carbocycles. The van der Waals surface area contributed by atoms with E-state index in [9.17, 15) is 0 Å². The number of benzene rings is 1. The summed E-state index contributed by atoms with van der Waals surface area (Å²) in [5, 5.41) is 1.33. The van der Waals surface area contributed by atoms with E-state index < -0.39 is 0 Å². The maximum Gasteiger partial charge on any atom is 0.0378 e. The molecule has 6 heteroatoms. The Bertz CT molecular complexity index is 511. The van der Waals surface area contributed by atoms with E-state index in [-0.39, 0.29) is 0 Å². The average Bonchev–Trinajstić information content (AvgIpc) is 2.57. The summed E-state index contributed by atoms with van der Waals surface area (Å²) in [5.74, 6) is 0. The fourth-order valence-electron chi connectivity index (χ4n) is 1.95. The van der Waals surface area contributed by atoms with E-state index >= 15 is 0 Å². The quantitative estimate of drug-likeness (QED) is 0.283. The van der Waals surface area contributed by atoms with Crippen LogP contribution in [0.2, 0.25) is 0 Å². The largest absolute Gasteiger partial charge is 0.176 e. The van der Waals surface area contributed by atoms with Crippen molar-refractivity contribution in [3.8, 4) is 0 Å². The van der Waals surface area contributed by atoms with Crippen molar-refractivity contribution < 1.29 is 0 Å². The van der Waals surface area contributed by atoms with Crippen molar-refractivity contribution >= 4 is 84.7 Å². The molecule has 0 saturated heterocycles. The molecule has 0 unspecified atom stereocenters. The van der Waals surface area contributed by atoms with Crippen LogP contribution in [0.5, 0.6) is 0 Å². The molecule has 0 heterocycles. The van der Waals surface area contributed by atoms with E-state index in [2.05, 4.69) is 50.5 Å². The van der Waals surface area contributed by atoms with Crippen LogP contribution in [0.3, 0.4) is 0 Å². The molecule has 0 radical (unpaired) electrons. The third-order valence-corrected chi connectivity index (χ3v) is 5.51. The molecule has 0 aromatic heterocycles. The van der Waals surface area contributed by atoms with Gasteiger partial charge >= 0.3 is 0 Å². The normalized spacial score (nSPS) is 22.2. The van der Waals surface area contributed by atoms with Gasteiger partial charge in [-0.1, -0.05) is 24.4 Å². The maximum atomic E-state index is 4.83. The summed E-state index contributed by atoms with van der Waals surface area (Å²) in [6, 6.07) is 7.63. The Morgan fingerprint density at radius 2 is 0.875 bits per heavy atom. The Kier molecular flexibility index (Phi) is 11.7. The summed E-state index contributed by atoms with van der Waals surface area (Å²) >= 11 is 26.6. The average molecular weight is 431 g/mol. The van der Waals surface area contributed by atoms with Gasteiger partial charge in [0, 0.05) is 30.0 Å². The molecule has 0 spiro atoms. The van der Waals surface area contributed by atoms with Crippen LogP contribution < -0.4 is 0 Å². The standard InChI is InChI=1S/C6H12S2.C6H6S2.C6H4S2/c3*7-5-1-2-6(8)4-3-5/h5-8H,1-4H2;1-4,7-8H;1-4H. The van der Waals surface area contributed by atoms with E-state index in [1.165, 1.54) is 25.7 Å². The van der Waals surface area contributed by atoms with Crippen molar-refractivity contribution in [1.29, 1.82) is 0 Å². The fourth-order valence-corrected chi connectivity index (χ4v) is 3.12. The molecule has 1 aromatic rings. The molecule has 0 atom stereocenters. The zero-order chi connectivity index (χ0) is 17.9. The van der Waals surface area contributed by atoms with Gasteiger partial charge in [0.1, 0.15) is 0 Å². The van der Waals surface area contributed by atoms with Crippen LogP contribution in [0.4, 0.5) is 0 Å². The van der Waals surface area contributed by atoms with Gasteiger partial charge in [-0.05, 0) is 74.3 Å². The van der Waals surface area contributed by atoms with E-state index in [4.69, 9.17) is 24.4 Å². The van der Waals surface area contributed by atoms with Crippen molar-refractivity contribution in [3.63, 3.8) is 0 Å². The molecule has 0 bridgehead atoms. The lowest BCUT2D eigenvalue weighted by atomic mass is 10.00. The maximum absolute atomic E-state index is 4.83. The molecule has 3 rings (SSSR count). The monoisotopic (exact) mass is 430 g/mol. The molecular weight excluding hydrogens is 409 g/mol. The Morgan fingerprint density at radius 3 is 1.12 bits per heavy atom. The zero-order valence-corrected chi connectivity index (χ0v) is 18.4. The Labute approximate surface area is 178 Å². The summed E-state index contributed by atoms with van der Waals surface area (Å²) in [6.07, 6.45) is 12.4. The van der Waals surface area contributed by atoms with Crippen LogP contribution >= 0.6 is 75.0 Å². The third-order valence-electron chi connectivity index (χ3n) is 3.34. The van der Waals surface area contributed by atoms with E-state index in [0.29, 0.717) is 10.5 Å². The fraction of sp³-hybridized carbons (Fsp3) is 0.333. The second-order valence-corrected chi connectivity index (χ2v) is 8.89. The van der Waals surface area contributed by atoms with Gasteiger partial charge in [0.15, 0.2) is 0 Å². The molecule has 0 aliphatic heterocycles. The van der Waals surface area contributed by atoms with Crippen molar-refractivity contribution in [2.75, 3.05) is 0 Å². The molecule has 2 aliphatic rings. The number of hydrogen-bond acceptors (Lipinski definition) is 6. The summed E-state index contributed by atoms with van der Waals surface area (Å²) in [6.45, 7) is 0. The molecule has 0 N–H and O–H groups in total. The molecule has 0 amide bonds. The second kappa shape index (κ2) is 12.6. The topological polar surface area (TPSA) is 0 Å². The first-order valence-corrected chi connectivity index (χ1v) is 10.4. The van der Waals surface area contributed by atoms with Gasteiger partial charge in [-0.2, -0.15) is 25.3 Å². The third kappa shape index (κ3) is 11.0. The Balaban J connectivity index is 0.000000180. The molecule has 1 saturated carbocycles. The van der Waals surface area contributed by atoms with Gasteiger partial charge in [-0.25, -0.2) is 0 Å². The van der Waals surface area contributed by atoms with Crippen LogP contribution in [-0.2, 0) is 0 Å². The van der Waals surface area contributed by atoms with Gasteiger partial charge in [0.05, 0.1) is 0 Å². The summed E-state index contributed by atoms with van der Waals surface area (Å²) in [4.78, 5) is 3.64. The molecular formula is C18H22S6. The van der Waals surface area contributed by atoms with Gasteiger partial charge in [-0.15, -0.1) is 25.3 Å². The predicted molar refractivity (Wildman–Crippen MR) is 128 cm³/mol. The minimum atomic E-state index is 0.665. The molecule has 1 aromatic carbocycles. The zero-order valence-electron chi connectivity index (χ0n) is 13.2. The number of thiocarbonyl (C=S) groups is 2. The van der Waals surface area contributed by atoms with Crippen LogP contribution in [0.25, 0.3) is 0 Å². The lowest BCUT2D eigenvalue weighted by molar-refractivity contribution is 0.532. The van der Waals surface area contributed by atoms with Gasteiger partial charge in [-0.3, -0.25) is 0 Å². The Hall–Kier alpha value is 0.280. The van der Waals surface area contributed by atoms with Crippen LogP contribution in [0.1, 0.15) is 25.7 Å². The molecule has 0 nitrogen and oxygen atoms in total. The molecule has 24 heavy (non-hydrogen) atoms. The number of thiol groups is 4. The predicted octanol–water partition coefficient (Wildman–Crippen LogP) is 6.27. The number of allylic oxidation sites excluding steroid dienone is 4. The van der Waals surface area contributed by atoms with Crippen molar-refractivity contribution in [3.05, 3.63) is 48.6 Å². The highest BCUT2D eigenvalue weighted by atomic mass is 32.1. The van der Waals surface area contributed by atoms with Gasteiger partial charge in [0.2, 0.25) is 0 Å². The van der Waals surface area contributed by atoms with Crippen molar-refractivity contribution in [2.45, 2.75) is 46.0 Å².